The third kappa shape index (κ3) is 1.82. The summed E-state index contributed by atoms with van der Waals surface area (Å²) in [6.45, 7) is 1.02. The van der Waals surface area contributed by atoms with E-state index in [1.807, 2.05) is 0 Å². The van der Waals surface area contributed by atoms with Crippen LogP contribution in [0.4, 0.5) is 0 Å². The van der Waals surface area contributed by atoms with Crippen LogP contribution in [-0.2, 0) is 10.5 Å². The maximum absolute atomic E-state index is 5.86. The molecule has 0 aromatic heterocycles. The third-order valence-electron chi connectivity index (χ3n) is 3.94. The Hall–Kier alpha value is -1.38. The van der Waals surface area contributed by atoms with Crippen LogP contribution in [-0.4, -0.2) is 13.7 Å². The van der Waals surface area contributed by atoms with Gasteiger partial charge in [-0.3, -0.25) is 5.32 Å². The Bertz CT molecular complexity index is 538. The Morgan fingerprint density at radius 2 is 1.89 bits per heavy atom. The molecule has 2 aromatic rings. The minimum atomic E-state index is -0.306. The lowest BCUT2D eigenvalue weighted by atomic mass is 9.89. The molecule has 0 amide bonds. The van der Waals surface area contributed by atoms with Crippen LogP contribution in [0.25, 0.3) is 10.8 Å². The van der Waals surface area contributed by atoms with Gasteiger partial charge < -0.3 is 4.74 Å². The number of methoxy groups -OCH3 is 1. The van der Waals surface area contributed by atoms with Gasteiger partial charge in [0.1, 0.15) is 5.72 Å². The van der Waals surface area contributed by atoms with Crippen molar-refractivity contribution < 1.29 is 4.74 Å². The van der Waals surface area contributed by atoms with Crippen LogP contribution >= 0.6 is 0 Å². The van der Waals surface area contributed by atoms with E-state index in [0.717, 1.165) is 13.0 Å². The lowest BCUT2D eigenvalue weighted by Crippen LogP contribution is -2.47. The Morgan fingerprint density at radius 3 is 2.67 bits per heavy atom. The number of hydrogen-bond acceptors (Lipinski definition) is 2. The molecule has 0 aliphatic carbocycles. The second-order valence-electron chi connectivity index (χ2n) is 4.94. The predicted octanol–water partition coefficient (Wildman–Crippen LogP) is 3.41. The molecule has 2 aromatic carbocycles. The van der Waals surface area contributed by atoms with E-state index in [0.29, 0.717) is 0 Å². The van der Waals surface area contributed by atoms with Gasteiger partial charge in [-0.2, -0.15) is 0 Å². The van der Waals surface area contributed by atoms with Crippen LogP contribution in [0.15, 0.2) is 42.5 Å². The van der Waals surface area contributed by atoms with Crippen molar-refractivity contribution in [2.24, 2.45) is 0 Å². The van der Waals surface area contributed by atoms with Crippen LogP contribution in [0.5, 0.6) is 0 Å². The molecule has 0 saturated carbocycles. The van der Waals surface area contributed by atoms with Gasteiger partial charge in [0.25, 0.3) is 0 Å². The summed E-state index contributed by atoms with van der Waals surface area (Å²) >= 11 is 0. The summed E-state index contributed by atoms with van der Waals surface area (Å²) in [5, 5.41) is 6.13. The molecular formula is C16H19NO. The fourth-order valence-corrected chi connectivity index (χ4v) is 2.97. The van der Waals surface area contributed by atoms with Crippen molar-refractivity contribution in [3.8, 4) is 0 Å². The molecular weight excluding hydrogens is 222 g/mol. The normalized spacial score (nSPS) is 24.3. The van der Waals surface area contributed by atoms with Gasteiger partial charge in [0.05, 0.1) is 0 Å². The highest BCUT2D eigenvalue weighted by Crippen LogP contribution is 2.35. The van der Waals surface area contributed by atoms with Gasteiger partial charge in [0, 0.05) is 12.7 Å². The molecule has 1 atom stereocenters. The van der Waals surface area contributed by atoms with E-state index in [9.17, 15) is 0 Å². The minimum absolute atomic E-state index is 0.306. The maximum atomic E-state index is 5.86. The molecule has 1 aliphatic heterocycles. The number of piperidine rings is 1. The molecule has 1 aliphatic rings. The largest absolute Gasteiger partial charge is 0.360 e. The van der Waals surface area contributed by atoms with Crippen LogP contribution in [0, 0.1) is 0 Å². The Kier molecular flexibility index (Phi) is 3.06. The van der Waals surface area contributed by atoms with E-state index in [-0.39, 0.29) is 5.72 Å². The third-order valence-corrected chi connectivity index (χ3v) is 3.94. The Balaban J connectivity index is 2.17. The van der Waals surface area contributed by atoms with Crippen LogP contribution in [0.2, 0.25) is 0 Å². The molecule has 1 N–H and O–H groups in total. The van der Waals surface area contributed by atoms with Gasteiger partial charge in [0.15, 0.2) is 0 Å². The number of ether oxygens (including phenoxy) is 1. The second-order valence-corrected chi connectivity index (χ2v) is 4.94. The summed E-state index contributed by atoms with van der Waals surface area (Å²) in [5.74, 6) is 0. The average Bonchev–Trinajstić information content (AvgIpc) is 2.47. The van der Waals surface area contributed by atoms with E-state index in [1.54, 1.807) is 7.11 Å². The number of benzene rings is 2. The summed E-state index contributed by atoms with van der Waals surface area (Å²) in [4.78, 5) is 0. The fraction of sp³-hybridized carbons (Fsp3) is 0.375. The van der Waals surface area contributed by atoms with Crippen molar-refractivity contribution in [2.75, 3.05) is 13.7 Å². The molecule has 1 heterocycles. The predicted molar refractivity (Wildman–Crippen MR) is 74.5 cm³/mol. The van der Waals surface area contributed by atoms with Gasteiger partial charge in [-0.25, -0.2) is 0 Å². The van der Waals surface area contributed by atoms with Crippen molar-refractivity contribution in [2.45, 2.75) is 25.0 Å². The molecule has 3 rings (SSSR count). The smallest absolute Gasteiger partial charge is 0.145 e. The zero-order valence-electron chi connectivity index (χ0n) is 10.8. The van der Waals surface area contributed by atoms with Crippen LogP contribution in [0.3, 0.4) is 0 Å². The van der Waals surface area contributed by atoms with Gasteiger partial charge in [0.2, 0.25) is 0 Å². The lowest BCUT2D eigenvalue weighted by Gasteiger charge is -2.38. The van der Waals surface area contributed by atoms with Crippen molar-refractivity contribution in [3.63, 3.8) is 0 Å². The fourth-order valence-electron chi connectivity index (χ4n) is 2.97. The van der Waals surface area contributed by atoms with Gasteiger partial charge in [-0.15, -0.1) is 0 Å². The first kappa shape index (κ1) is 11.7. The molecule has 0 bridgehead atoms. The second kappa shape index (κ2) is 4.71. The quantitative estimate of drug-likeness (QED) is 0.870. The van der Waals surface area contributed by atoms with E-state index < -0.39 is 0 Å². The van der Waals surface area contributed by atoms with Crippen molar-refractivity contribution >= 4 is 10.8 Å². The zero-order valence-corrected chi connectivity index (χ0v) is 10.8. The molecule has 2 heteroatoms. The highest BCUT2D eigenvalue weighted by Gasteiger charge is 2.34. The van der Waals surface area contributed by atoms with E-state index >= 15 is 0 Å². The van der Waals surface area contributed by atoms with E-state index in [4.69, 9.17) is 4.74 Å². The highest BCUT2D eigenvalue weighted by atomic mass is 16.5. The number of fused-ring (bicyclic) bond motifs is 1. The van der Waals surface area contributed by atoms with E-state index in [1.165, 1.54) is 29.2 Å². The standard InChI is InChI=1S/C16H19NO/c1-18-16(11-4-5-12-17-16)15-10-6-8-13-7-2-3-9-14(13)15/h2-3,6-10,17H,4-5,11-12H2,1H3. The molecule has 1 unspecified atom stereocenters. The summed E-state index contributed by atoms with van der Waals surface area (Å²) in [7, 11) is 1.81. The van der Waals surface area contributed by atoms with Crippen molar-refractivity contribution in [1.29, 1.82) is 0 Å². The molecule has 2 nitrogen and oxygen atoms in total. The highest BCUT2D eigenvalue weighted by molar-refractivity contribution is 5.86. The summed E-state index contributed by atoms with van der Waals surface area (Å²) in [6.07, 6.45) is 3.48. The SMILES string of the molecule is COC1(c2cccc3ccccc23)CCCCN1. The van der Waals surface area contributed by atoms with Crippen molar-refractivity contribution in [1.82, 2.24) is 5.32 Å². The summed E-state index contributed by atoms with van der Waals surface area (Å²) in [5.41, 5.74) is 0.960. The number of hydrogen-bond donors (Lipinski definition) is 1. The molecule has 1 fully saturated rings. The van der Waals surface area contributed by atoms with Gasteiger partial charge in [-0.05, 0) is 36.6 Å². The zero-order chi connectivity index (χ0) is 12.4. The first-order valence-electron chi connectivity index (χ1n) is 6.64. The number of rotatable bonds is 2. The van der Waals surface area contributed by atoms with Crippen LogP contribution < -0.4 is 5.32 Å². The monoisotopic (exact) mass is 241 g/mol. The maximum Gasteiger partial charge on any atom is 0.145 e. The Morgan fingerprint density at radius 1 is 1.06 bits per heavy atom. The van der Waals surface area contributed by atoms with Gasteiger partial charge in [-0.1, -0.05) is 42.5 Å². The molecule has 0 radical (unpaired) electrons. The van der Waals surface area contributed by atoms with Crippen LogP contribution in [0.1, 0.15) is 24.8 Å². The number of nitrogens with one attached hydrogen (secondary N) is 1. The summed E-state index contributed by atoms with van der Waals surface area (Å²) < 4.78 is 5.86. The first-order valence-corrected chi connectivity index (χ1v) is 6.64. The topological polar surface area (TPSA) is 21.3 Å². The molecule has 94 valence electrons. The van der Waals surface area contributed by atoms with E-state index in [2.05, 4.69) is 47.8 Å². The minimum Gasteiger partial charge on any atom is -0.360 e. The average molecular weight is 241 g/mol. The molecule has 18 heavy (non-hydrogen) atoms. The summed E-state index contributed by atoms with van der Waals surface area (Å²) in [6, 6.07) is 15.0. The molecule has 1 saturated heterocycles. The lowest BCUT2D eigenvalue weighted by molar-refractivity contribution is -0.0636. The molecule has 0 spiro atoms. The van der Waals surface area contributed by atoms with Crippen molar-refractivity contribution in [3.05, 3.63) is 48.0 Å². The Labute approximate surface area is 108 Å². The first-order chi connectivity index (χ1) is 8.86. The van der Waals surface area contributed by atoms with Gasteiger partial charge >= 0.3 is 0 Å².